The van der Waals surface area contributed by atoms with Crippen LogP contribution in [0, 0.1) is 10.1 Å². The molecule has 2 atom stereocenters. The maximum absolute atomic E-state index is 13.1. The predicted octanol–water partition coefficient (Wildman–Crippen LogP) is 3.78. The quantitative estimate of drug-likeness (QED) is 0.550. The van der Waals surface area contributed by atoms with Gasteiger partial charge in [0.1, 0.15) is 0 Å². The maximum Gasteiger partial charge on any atom is 0.269 e. The summed E-state index contributed by atoms with van der Waals surface area (Å²) in [6.07, 6.45) is 3.56. The highest BCUT2D eigenvalue weighted by Crippen LogP contribution is 2.39. The van der Waals surface area contributed by atoms with Gasteiger partial charge in [0.2, 0.25) is 5.91 Å². The van der Waals surface area contributed by atoms with E-state index < -0.39 is 4.92 Å². The Labute approximate surface area is 177 Å². The number of carbonyl (C=O) groups is 1. The van der Waals surface area contributed by atoms with E-state index in [1.54, 1.807) is 12.1 Å². The van der Waals surface area contributed by atoms with Crippen molar-refractivity contribution in [3.8, 4) is 0 Å². The lowest BCUT2D eigenvalue weighted by Gasteiger charge is -2.35. The largest absolute Gasteiger partial charge is 0.337 e. The minimum atomic E-state index is -0.422. The molecule has 6 nitrogen and oxygen atoms in total. The van der Waals surface area contributed by atoms with Crippen LogP contribution in [0.2, 0.25) is 0 Å². The standard InChI is InChI=1S/C22H25N3O3.ClH/c1-23(21(26)14-16-7-6-9-18(13-16)25(27)28)22-19-10-3-2-8-17(19)15-20(22)24-11-4-5-12-24;/h2-3,6-10,13,20,22H,4-5,11-12,14-15H2,1H3;1H. The maximum atomic E-state index is 13.1. The number of halogens is 1. The normalized spacial score (nSPS) is 20.7. The van der Waals surface area contributed by atoms with Gasteiger partial charge in [-0.1, -0.05) is 36.4 Å². The lowest BCUT2D eigenvalue weighted by molar-refractivity contribution is -0.384. The van der Waals surface area contributed by atoms with Gasteiger partial charge in [-0.2, -0.15) is 0 Å². The molecule has 0 N–H and O–H groups in total. The number of hydrogen-bond donors (Lipinski definition) is 0. The zero-order valence-corrected chi connectivity index (χ0v) is 17.3. The van der Waals surface area contributed by atoms with Gasteiger partial charge in [0.05, 0.1) is 17.4 Å². The molecule has 154 valence electrons. The molecule has 1 fully saturated rings. The van der Waals surface area contributed by atoms with Gasteiger partial charge in [0.15, 0.2) is 0 Å². The minimum Gasteiger partial charge on any atom is -0.337 e. The van der Waals surface area contributed by atoms with E-state index in [4.69, 9.17) is 0 Å². The molecule has 0 aromatic heterocycles. The lowest BCUT2D eigenvalue weighted by Crippen LogP contribution is -2.44. The molecule has 1 aliphatic carbocycles. The highest BCUT2D eigenvalue weighted by Gasteiger charge is 2.40. The van der Waals surface area contributed by atoms with E-state index in [0.717, 1.165) is 19.5 Å². The lowest BCUT2D eigenvalue weighted by atomic mass is 10.0. The monoisotopic (exact) mass is 415 g/mol. The van der Waals surface area contributed by atoms with Crippen LogP contribution in [0.15, 0.2) is 48.5 Å². The average molecular weight is 416 g/mol. The summed E-state index contributed by atoms with van der Waals surface area (Å²) >= 11 is 0. The molecule has 1 saturated heterocycles. The smallest absolute Gasteiger partial charge is 0.269 e. The summed E-state index contributed by atoms with van der Waals surface area (Å²) in [7, 11) is 1.87. The van der Waals surface area contributed by atoms with Crippen LogP contribution in [0.3, 0.4) is 0 Å². The second kappa shape index (κ2) is 8.93. The van der Waals surface area contributed by atoms with E-state index in [2.05, 4.69) is 23.1 Å². The first-order chi connectivity index (χ1) is 13.5. The number of nitro groups is 1. The molecule has 1 amide bonds. The van der Waals surface area contributed by atoms with Crippen LogP contribution >= 0.6 is 12.4 Å². The summed E-state index contributed by atoms with van der Waals surface area (Å²) in [5.74, 6) is -0.00796. The first kappa shape index (κ1) is 21.3. The topological polar surface area (TPSA) is 66.7 Å². The zero-order valence-electron chi connectivity index (χ0n) is 16.5. The summed E-state index contributed by atoms with van der Waals surface area (Å²) in [6, 6.07) is 15.1. The molecule has 7 heteroatoms. The van der Waals surface area contributed by atoms with E-state index in [0.29, 0.717) is 11.6 Å². The van der Waals surface area contributed by atoms with Gasteiger partial charge in [-0.05, 0) is 49.0 Å². The van der Waals surface area contributed by atoms with Crippen molar-refractivity contribution in [1.82, 2.24) is 9.80 Å². The Kier molecular flexibility index (Phi) is 6.55. The zero-order chi connectivity index (χ0) is 19.7. The molecule has 4 rings (SSSR count). The van der Waals surface area contributed by atoms with Gasteiger partial charge < -0.3 is 4.90 Å². The molecule has 1 heterocycles. The minimum absolute atomic E-state index is 0. The SMILES string of the molecule is CN(C(=O)Cc1cccc([N+](=O)[O-])c1)C1c2ccccc2CC1N1CCCC1.Cl. The number of amides is 1. The van der Waals surface area contributed by atoms with E-state index >= 15 is 0 Å². The van der Waals surface area contributed by atoms with E-state index in [1.165, 1.54) is 36.1 Å². The third-order valence-electron chi connectivity index (χ3n) is 6.06. The molecular formula is C22H26ClN3O3. The number of nitrogens with zero attached hydrogens (tertiary/aromatic N) is 3. The predicted molar refractivity (Wildman–Crippen MR) is 114 cm³/mol. The first-order valence-electron chi connectivity index (χ1n) is 9.85. The third-order valence-corrected chi connectivity index (χ3v) is 6.06. The Morgan fingerprint density at radius 1 is 1.17 bits per heavy atom. The Bertz CT molecular complexity index is 898. The molecule has 0 bridgehead atoms. The number of likely N-dealkylation sites (N-methyl/N-ethyl adjacent to an activating group) is 1. The van der Waals surface area contributed by atoms with E-state index in [-0.39, 0.29) is 36.5 Å². The van der Waals surface area contributed by atoms with Crippen molar-refractivity contribution in [2.24, 2.45) is 0 Å². The van der Waals surface area contributed by atoms with Gasteiger partial charge in [-0.25, -0.2) is 0 Å². The van der Waals surface area contributed by atoms with E-state index in [9.17, 15) is 14.9 Å². The Hall–Kier alpha value is -2.44. The summed E-state index contributed by atoms with van der Waals surface area (Å²) in [4.78, 5) is 28.1. The van der Waals surface area contributed by atoms with Gasteiger partial charge in [0.25, 0.3) is 5.69 Å². The van der Waals surface area contributed by atoms with Crippen molar-refractivity contribution in [3.05, 3.63) is 75.3 Å². The fourth-order valence-electron chi connectivity index (χ4n) is 4.66. The van der Waals surface area contributed by atoms with Crippen LogP contribution in [0.5, 0.6) is 0 Å². The number of benzene rings is 2. The molecule has 2 unspecified atom stereocenters. The molecular weight excluding hydrogens is 390 g/mol. The second-order valence-electron chi connectivity index (χ2n) is 7.77. The molecule has 2 aliphatic rings. The van der Waals surface area contributed by atoms with Crippen LogP contribution < -0.4 is 0 Å². The Balaban J connectivity index is 0.00000240. The number of hydrogen-bond acceptors (Lipinski definition) is 4. The molecule has 1 aliphatic heterocycles. The van der Waals surface area contributed by atoms with Gasteiger partial charge >= 0.3 is 0 Å². The Morgan fingerprint density at radius 3 is 2.62 bits per heavy atom. The van der Waals surface area contributed by atoms with Gasteiger partial charge in [0, 0.05) is 25.2 Å². The Morgan fingerprint density at radius 2 is 1.90 bits per heavy atom. The summed E-state index contributed by atoms with van der Waals surface area (Å²) < 4.78 is 0. The van der Waals surface area contributed by atoms with Crippen LogP contribution in [-0.4, -0.2) is 46.8 Å². The van der Waals surface area contributed by atoms with Gasteiger partial charge in [-0.15, -0.1) is 12.4 Å². The van der Waals surface area contributed by atoms with Crippen LogP contribution in [0.4, 0.5) is 5.69 Å². The van der Waals surface area contributed by atoms with Gasteiger partial charge in [-0.3, -0.25) is 19.8 Å². The molecule has 0 saturated carbocycles. The average Bonchev–Trinajstić information content (AvgIpc) is 3.35. The fraction of sp³-hybridized carbons (Fsp3) is 0.409. The second-order valence-corrected chi connectivity index (χ2v) is 7.77. The van der Waals surface area contributed by atoms with Crippen LogP contribution in [-0.2, 0) is 17.6 Å². The highest BCUT2D eigenvalue weighted by molar-refractivity contribution is 5.85. The van der Waals surface area contributed by atoms with Crippen molar-refractivity contribution in [3.63, 3.8) is 0 Å². The summed E-state index contributed by atoms with van der Waals surface area (Å²) in [6.45, 7) is 2.17. The number of likely N-dealkylation sites (tertiary alicyclic amines) is 1. The molecule has 2 aromatic carbocycles. The van der Waals surface area contributed by atoms with Crippen molar-refractivity contribution in [2.45, 2.75) is 37.8 Å². The number of rotatable bonds is 5. The van der Waals surface area contributed by atoms with Crippen molar-refractivity contribution >= 4 is 24.0 Å². The first-order valence-corrected chi connectivity index (χ1v) is 9.85. The number of fused-ring (bicyclic) bond motifs is 1. The van der Waals surface area contributed by atoms with Crippen LogP contribution in [0.25, 0.3) is 0 Å². The fourth-order valence-corrected chi connectivity index (χ4v) is 4.66. The number of carbonyl (C=O) groups excluding carboxylic acids is 1. The molecule has 0 spiro atoms. The highest BCUT2D eigenvalue weighted by atomic mass is 35.5. The van der Waals surface area contributed by atoms with Crippen LogP contribution in [0.1, 0.15) is 35.6 Å². The summed E-state index contributed by atoms with van der Waals surface area (Å²) in [5.41, 5.74) is 3.25. The molecule has 29 heavy (non-hydrogen) atoms. The van der Waals surface area contributed by atoms with Crippen molar-refractivity contribution < 1.29 is 9.72 Å². The third kappa shape index (κ3) is 4.28. The number of non-ortho nitro benzene ring substituents is 1. The number of nitro benzene ring substituents is 1. The molecule has 0 radical (unpaired) electrons. The summed E-state index contributed by atoms with van der Waals surface area (Å²) in [5, 5.41) is 11.0. The van der Waals surface area contributed by atoms with Crippen molar-refractivity contribution in [2.75, 3.05) is 20.1 Å². The molecule has 2 aromatic rings. The van der Waals surface area contributed by atoms with Crippen molar-refractivity contribution in [1.29, 1.82) is 0 Å². The van der Waals surface area contributed by atoms with E-state index in [1.807, 2.05) is 18.0 Å².